The topological polar surface area (TPSA) is 149 Å². The van der Waals surface area contributed by atoms with E-state index >= 15 is 0 Å². The third kappa shape index (κ3) is 8.54. The van der Waals surface area contributed by atoms with Crippen LogP contribution >= 0.6 is 11.8 Å². The Bertz CT molecular complexity index is 1600. The van der Waals surface area contributed by atoms with Crippen molar-refractivity contribution < 1.29 is 29.3 Å². The summed E-state index contributed by atoms with van der Waals surface area (Å²) >= 11 is 1.54. The Morgan fingerprint density at radius 2 is 1.71 bits per heavy atom. The van der Waals surface area contributed by atoms with Crippen molar-refractivity contribution in [2.45, 2.75) is 63.0 Å². The number of carboxylic acids is 1. The highest BCUT2D eigenvalue weighted by Crippen LogP contribution is 2.43. The number of aliphatic carboxylic acids is 1. The van der Waals surface area contributed by atoms with Gasteiger partial charge in [-0.1, -0.05) is 79.3 Å². The number of aromatic nitrogens is 4. The summed E-state index contributed by atoms with van der Waals surface area (Å²) in [5.41, 5.74) is 5.63. The summed E-state index contributed by atoms with van der Waals surface area (Å²) < 4.78 is 14.9. The summed E-state index contributed by atoms with van der Waals surface area (Å²) in [6, 6.07) is 23.8. The van der Waals surface area contributed by atoms with Crippen LogP contribution in [0.25, 0.3) is 11.1 Å². The average Bonchev–Trinajstić information content (AvgIpc) is 3.47. The number of aliphatic hydroxyl groups excluding tert-OH is 1. The molecule has 3 aromatic carbocycles. The predicted octanol–water partition coefficient (Wildman–Crippen LogP) is 4.82. The smallest absolute Gasteiger partial charge is 0.303 e. The van der Waals surface area contributed by atoms with Crippen LogP contribution in [-0.4, -0.2) is 54.2 Å². The van der Waals surface area contributed by atoms with Gasteiger partial charge in [0, 0.05) is 43.7 Å². The second-order valence-electron chi connectivity index (χ2n) is 11.1. The number of thioether (sulfide) groups is 1. The number of amides is 1. The number of ether oxygens (including phenoxy) is 2. The minimum atomic E-state index is -0.905. The van der Waals surface area contributed by atoms with Crippen molar-refractivity contribution in [3.63, 3.8) is 0 Å². The van der Waals surface area contributed by atoms with Crippen molar-refractivity contribution in [2.75, 3.05) is 5.75 Å². The number of carbonyl (C=O) groups excluding carboxylic acids is 1. The maximum atomic E-state index is 12.2. The Labute approximate surface area is 266 Å². The zero-order chi connectivity index (χ0) is 31.8. The molecule has 1 aliphatic heterocycles. The number of rotatable bonds is 13. The van der Waals surface area contributed by atoms with Crippen molar-refractivity contribution in [1.29, 1.82) is 0 Å². The van der Waals surface area contributed by atoms with Gasteiger partial charge in [-0.25, -0.2) is 4.68 Å². The third-order valence-corrected chi connectivity index (χ3v) is 8.88. The van der Waals surface area contributed by atoms with Crippen LogP contribution in [0.5, 0.6) is 0 Å². The van der Waals surface area contributed by atoms with E-state index in [1.807, 2.05) is 73.8 Å². The van der Waals surface area contributed by atoms with Gasteiger partial charge in [-0.15, -0.1) is 5.10 Å². The fourth-order valence-corrected chi connectivity index (χ4v) is 6.24. The molecule has 12 heteroatoms. The molecule has 11 nitrogen and oxygen atoms in total. The lowest BCUT2D eigenvalue weighted by Gasteiger charge is -2.41. The lowest BCUT2D eigenvalue weighted by atomic mass is 9.91. The van der Waals surface area contributed by atoms with Gasteiger partial charge in [-0.2, -0.15) is 0 Å². The first-order chi connectivity index (χ1) is 21.8. The summed E-state index contributed by atoms with van der Waals surface area (Å²) in [6.07, 6.45) is -0.577. The van der Waals surface area contributed by atoms with E-state index in [1.165, 1.54) is 11.8 Å². The highest BCUT2D eigenvalue weighted by atomic mass is 32.2. The van der Waals surface area contributed by atoms with Crippen molar-refractivity contribution >= 4 is 23.6 Å². The molecule has 0 bridgehead atoms. The van der Waals surface area contributed by atoms with E-state index in [9.17, 15) is 14.7 Å². The Balaban J connectivity index is 1.33. The van der Waals surface area contributed by atoms with Gasteiger partial charge in [-0.3, -0.25) is 9.59 Å². The van der Waals surface area contributed by atoms with Gasteiger partial charge in [0.1, 0.15) is 0 Å². The van der Waals surface area contributed by atoms with Crippen molar-refractivity contribution in [2.24, 2.45) is 13.0 Å². The van der Waals surface area contributed by atoms with Crippen LogP contribution in [0.4, 0.5) is 0 Å². The first-order valence-corrected chi connectivity index (χ1v) is 15.8. The van der Waals surface area contributed by atoms with Gasteiger partial charge >= 0.3 is 5.97 Å². The maximum absolute atomic E-state index is 12.2. The Morgan fingerprint density at radius 3 is 2.42 bits per heavy atom. The van der Waals surface area contributed by atoms with E-state index in [-0.39, 0.29) is 43.5 Å². The molecule has 0 unspecified atom stereocenters. The normalized spacial score (nSPS) is 19.7. The molecule has 0 aliphatic carbocycles. The van der Waals surface area contributed by atoms with Gasteiger partial charge in [0.15, 0.2) is 6.29 Å². The summed E-state index contributed by atoms with van der Waals surface area (Å²) in [5, 5.41) is 33.7. The molecular formula is C33H37N5O6S. The zero-order valence-corrected chi connectivity index (χ0v) is 26.0. The Kier molecular flexibility index (Phi) is 11.0. The van der Waals surface area contributed by atoms with Gasteiger partial charge < -0.3 is 25.0 Å². The number of nitrogens with one attached hydrogen (secondary N) is 1. The molecule has 45 heavy (non-hydrogen) atoms. The van der Waals surface area contributed by atoms with Crippen LogP contribution in [-0.2, 0) is 39.3 Å². The third-order valence-electron chi connectivity index (χ3n) is 7.78. The molecule has 0 saturated carbocycles. The molecule has 4 aromatic rings. The van der Waals surface area contributed by atoms with Crippen LogP contribution in [0.2, 0.25) is 0 Å². The minimum absolute atomic E-state index is 0.0223. The van der Waals surface area contributed by atoms with E-state index in [0.29, 0.717) is 23.9 Å². The first kappa shape index (κ1) is 32.3. The van der Waals surface area contributed by atoms with E-state index in [0.717, 1.165) is 33.4 Å². The Hall–Kier alpha value is -4.10. The highest BCUT2D eigenvalue weighted by Gasteiger charge is 2.38. The second kappa shape index (κ2) is 15.3. The number of hydrogen-bond donors (Lipinski definition) is 3. The van der Waals surface area contributed by atoms with Crippen molar-refractivity contribution in [3.05, 3.63) is 95.1 Å². The molecule has 1 fully saturated rings. The molecule has 3 N–H and O–H groups in total. The van der Waals surface area contributed by atoms with Crippen LogP contribution in [0.1, 0.15) is 60.8 Å². The minimum Gasteiger partial charge on any atom is -0.481 e. The first-order valence-electron chi connectivity index (χ1n) is 14.8. The maximum Gasteiger partial charge on any atom is 0.303 e. The molecular weight excluding hydrogens is 594 g/mol. The van der Waals surface area contributed by atoms with E-state index in [2.05, 4.69) is 33.8 Å². The quantitative estimate of drug-likeness (QED) is 0.175. The van der Waals surface area contributed by atoms with Crippen LogP contribution < -0.4 is 5.32 Å². The number of hydrogen-bond acceptors (Lipinski definition) is 9. The molecule has 5 rings (SSSR count). The molecule has 1 aromatic heterocycles. The van der Waals surface area contributed by atoms with E-state index < -0.39 is 12.3 Å². The molecule has 1 amide bonds. The molecule has 4 atom stereocenters. The van der Waals surface area contributed by atoms with Crippen molar-refractivity contribution in [3.8, 4) is 11.1 Å². The highest BCUT2D eigenvalue weighted by molar-refractivity contribution is 7.99. The molecule has 0 spiro atoms. The SMILES string of the molecule is C[C@H]1[C@@H](CSc2nnnn2C)O[C@@H](c2cccc(-c3cccc(CNC(=O)CCCC(=O)O)c3)c2)O[C@H]1c1ccc(CO)cc1. The summed E-state index contributed by atoms with van der Waals surface area (Å²) in [6.45, 7) is 2.45. The van der Waals surface area contributed by atoms with E-state index in [1.54, 1.807) is 4.68 Å². The summed E-state index contributed by atoms with van der Waals surface area (Å²) in [4.78, 5) is 22.9. The fraction of sp³-hybridized carbons (Fsp3) is 0.364. The van der Waals surface area contributed by atoms with Crippen LogP contribution in [0.15, 0.2) is 78.0 Å². The summed E-state index contributed by atoms with van der Waals surface area (Å²) in [5.74, 6) is -0.427. The number of benzene rings is 3. The monoisotopic (exact) mass is 631 g/mol. The van der Waals surface area contributed by atoms with Gasteiger partial charge in [0.05, 0.1) is 18.8 Å². The standard InChI is InChI=1S/C33H37N5O6S/c1-21-28(20-45-33-35-36-37-38(33)2)43-32(44-31(21)24-14-12-22(19-39)13-15-24)27-9-4-8-26(17-27)25-7-3-6-23(16-25)18-34-29(40)10-5-11-30(41)42/h3-4,6-9,12-17,21,28,31-32,39H,5,10-11,18-20H2,1-2H3,(H,34,40)(H,41,42)/t21-,28+,31+,32+/m0/s1. The second-order valence-corrected chi connectivity index (χ2v) is 12.1. The number of tetrazole rings is 1. The molecule has 236 valence electrons. The molecule has 1 saturated heterocycles. The number of carbonyl (C=O) groups is 2. The lowest BCUT2D eigenvalue weighted by molar-refractivity contribution is -0.268. The number of carboxylic acid groups (broad SMARTS) is 1. The fourth-order valence-electron chi connectivity index (χ4n) is 5.22. The van der Waals surface area contributed by atoms with Crippen molar-refractivity contribution in [1.82, 2.24) is 25.5 Å². The van der Waals surface area contributed by atoms with Gasteiger partial charge in [-0.05, 0) is 56.8 Å². The van der Waals surface area contributed by atoms with Gasteiger partial charge in [0.25, 0.3) is 0 Å². The average molecular weight is 632 g/mol. The largest absolute Gasteiger partial charge is 0.481 e. The molecule has 2 heterocycles. The zero-order valence-electron chi connectivity index (χ0n) is 25.2. The Morgan fingerprint density at radius 1 is 0.956 bits per heavy atom. The number of aliphatic hydroxyl groups is 1. The number of nitrogens with zero attached hydrogens (tertiary/aromatic N) is 4. The summed E-state index contributed by atoms with van der Waals surface area (Å²) in [7, 11) is 1.81. The predicted molar refractivity (Wildman–Crippen MR) is 168 cm³/mol. The van der Waals surface area contributed by atoms with Crippen LogP contribution in [0.3, 0.4) is 0 Å². The lowest BCUT2D eigenvalue weighted by Crippen LogP contribution is -2.38. The molecule has 1 aliphatic rings. The number of aryl methyl sites for hydroxylation is 1. The molecule has 0 radical (unpaired) electrons. The van der Waals surface area contributed by atoms with E-state index in [4.69, 9.17) is 14.6 Å². The van der Waals surface area contributed by atoms with Crippen LogP contribution in [0, 0.1) is 5.92 Å². The van der Waals surface area contributed by atoms with Gasteiger partial charge in [0.2, 0.25) is 11.1 Å².